The van der Waals surface area contributed by atoms with Gasteiger partial charge in [-0.3, -0.25) is 0 Å². The van der Waals surface area contributed by atoms with Gasteiger partial charge in [-0.2, -0.15) is 0 Å². The van der Waals surface area contributed by atoms with Gasteiger partial charge < -0.3 is 5.32 Å². The molecule has 0 radical (unpaired) electrons. The zero-order valence-electron chi connectivity index (χ0n) is 10.7. The molecule has 18 heavy (non-hydrogen) atoms. The minimum Gasteiger partial charge on any atom is -0.366 e. The largest absolute Gasteiger partial charge is 0.366 e. The van der Waals surface area contributed by atoms with Crippen LogP contribution in [-0.2, 0) is 0 Å². The maximum absolute atomic E-state index is 4.35. The summed E-state index contributed by atoms with van der Waals surface area (Å²) < 4.78 is 1.46. The SMILES string of the molecule is CCC1CCC(Nc2ccc3nnnn3n2)C1C. The van der Waals surface area contributed by atoms with Crippen LogP contribution in [0.3, 0.4) is 0 Å². The Labute approximate surface area is 106 Å². The highest BCUT2D eigenvalue weighted by Gasteiger charge is 2.31. The number of rotatable bonds is 3. The van der Waals surface area contributed by atoms with Gasteiger partial charge in [0.1, 0.15) is 5.82 Å². The fourth-order valence-corrected chi connectivity index (χ4v) is 2.94. The molecule has 0 amide bonds. The van der Waals surface area contributed by atoms with Gasteiger partial charge in [-0.1, -0.05) is 20.3 Å². The van der Waals surface area contributed by atoms with Crippen LogP contribution in [0.1, 0.15) is 33.1 Å². The lowest BCUT2D eigenvalue weighted by atomic mass is 9.93. The molecule has 0 aromatic carbocycles. The summed E-state index contributed by atoms with van der Waals surface area (Å²) in [5, 5.41) is 19.1. The molecule has 3 atom stereocenters. The highest BCUT2D eigenvalue weighted by molar-refractivity contribution is 5.42. The van der Waals surface area contributed by atoms with Gasteiger partial charge in [-0.05, 0) is 47.2 Å². The minimum absolute atomic E-state index is 0.511. The van der Waals surface area contributed by atoms with E-state index in [2.05, 4.69) is 39.8 Å². The third-order valence-electron chi connectivity index (χ3n) is 4.15. The number of nitrogens with zero attached hydrogens (tertiary/aromatic N) is 5. The molecular formula is C12H18N6. The van der Waals surface area contributed by atoms with Gasteiger partial charge in [-0.15, -0.1) is 14.8 Å². The van der Waals surface area contributed by atoms with E-state index in [1.54, 1.807) is 0 Å². The summed E-state index contributed by atoms with van der Waals surface area (Å²) in [5.74, 6) is 2.38. The van der Waals surface area contributed by atoms with Crippen LogP contribution in [0.4, 0.5) is 5.82 Å². The first-order valence-corrected chi connectivity index (χ1v) is 6.60. The van der Waals surface area contributed by atoms with Crippen molar-refractivity contribution in [3.63, 3.8) is 0 Å². The van der Waals surface area contributed by atoms with Gasteiger partial charge in [0.25, 0.3) is 0 Å². The molecule has 2 aromatic rings. The first-order chi connectivity index (χ1) is 8.78. The van der Waals surface area contributed by atoms with Gasteiger partial charge in [0, 0.05) is 6.04 Å². The first-order valence-electron chi connectivity index (χ1n) is 6.60. The Balaban J connectivity index is 1.76. The molecule has 1 aliphatic carbocycles. The van der Waals surface area contributed by atoms with E-state index in [0.717, 1.165) is 11.7 Å². The number of fused-ring (bicyclic) bond motifs is 1. The molecule has 1 fully saturated rings. The van der Waals surface area contributed by atoms with Crippen molar-refractivity contribution in [3.8, 4) is 0 Å². The second kappa shape index (κ2) is 4.51. The van der Waals surface area contributed by atoms with Crippen LogP contribution >= 0.6 is 0 Å². The van der Waals surface area contributed by atoms with Gasteiger partial charge in [0.15, 0.2) is 5.65 Å². The summed E-state index contributed by atoms with van der Waals surface area (Å²) in [7, 11) is 0. The summed E-state index contributed by atoms with van der Waals surface area (Å²) in [6.07, 6.45) is 3.79. The Morgan fingerprint density at radius 1 is 1.39 bits per heavy atom. The highest BCUT2D eigenvalue weighted by atomic mass is 15.6. The maximum atomic E-state index is 4.35. The van der Waals surface area contributed by atoms with Crippen molar-refractivity contribution >= 4 is 11.5 Å². The summed E-state index contributed by atoms with van der Waals surface area (Å²) in [6, 6.07) is 4.33. The van der Waals surface area contributed by atoms with Crippen molar-refractivity contribution in [1.29, 1.82) is 0 Å². The van der Waals surface area contributed by atoms with Crippen molar-refractivity contribution in [2.45, 2.75) is 39.2 Å². The zero-order valence-corrected chi connectivity index (χ0v) is 10.7. The summed E-state index contributed by atoms with van der Waals surface area (Å²) in [5.41, 5.74) is 0.673. The number of nitrogens with one attached hydrogen (secondary N) is 1. The van der Waals surface area contributed by atoms with Gasteiger partial charge in [-0.25, -0.2) is 0 Å². The quantitative estimate of drug-likeness (QED) is 0.893. The van der Waals surface area contributed by atoms with Crippen molar-refractivity contribution < 1.29 is 0 Å². The maximum Gasteiger partial charge on any atom is 0.200 e. The molecule has 0 aliphatic heterocycles. The number of hydrogen-bond acceptors (Lipinski definition) is 5. The van der Waals surface area contributed by atoms with Gasteiger partial charge in [0.2, 0.25) is 0 Å². The van der Waals surface area contributed by atoms with Crippen molar-refractivity contribution in [3.05, 3.63) is 12.1 Å². The Bertz CT molecular complexity index is 536. The topological polar surface area (TPSA) is 68.0 Å². The molecule has 2 aromatic heterocycles. The van der Waals surface area contributed by atoms with Crippen LogP contribution in [0.2, 0.25) is 0 Å². The van der Waals surface area contributed by atoms with E-state index >= 15 is 0 Å². The Kier molecular flexibility index (Phi) is 2.85. The van der Waals surface area contributed by atoms with E-state index in [1.807, 2.05) is 12.1 Å². The van der Waals surface area contributed by atoms with Crippen molar-refractivity contribution in [1.82, 2.24) is 25.3 Å². The van der Waals surface area contributed by atoms with E-state index in [-0.39, 0.29) is 0 Å². The minimum atomic E-state index is 0.511. The summed E-state index contributed by atoms with van der Waals surface area (Å²) in [6.45, 7) is 4.60. The highest BCUT2D eigenvalue weighted by Crippen LogP contribution is 2.35. The predicted octanol–water partition coefficient (Wildman–Crippen LogP) is 1.76. The third kappa shape index (κ3) is 1.91. The van der Waals surface area contributed by atoms with Gasteiger partial charge >= 0.3 is 0 Å². The lowest BCUT2D eigenvalue weighted by molar-refractivity contribution is 0.391. The zero-order chi connectivity index (χ0) is 12.5. The second-order valence-electron chi connectivity index (χ2n) is 5.10. The van der Waals surface area contributed by atoms with E-state index in [9.17, 15) is 0 Å². The Morgan fingerprint density at radius 2 is 2.28 bits per heavy atom. The standard InChI is InChI=1S/C12H18N6/c1-3-9-4-5-10(8(9)2)13-11-6-7-12-14-16-17-18(12)15-11/h6-10H,3-5H2,1-2H3,(H,13,15). The monoisotopic (exact) mass is 246 g/mol. The van der Waals surface area contributed by atoms with E-state index in [4.69, 9.17) is 0 Å². The number of tetrazole rings is 1. The van der Waals surface area contributed by atoms with Crippen LogP contribution in [0.5, 0.6) is 0 Å². The third-order valence-corrected chi connectivity index (χ3v) is 4.15. The Morgan fingerprint density at radius 3 is 3.06 bits per heavy atom. The number of hydrogen-bond donors (Lipinski definition) is 1. The molecular weight excluding hydrogens is 228 g/mol. The summed E-state index contributed by atoms with van der Waals surface area (Å²) in [4.78, 5) is 0. The molecule has 1 aliphatic rings. The normalized spacial score (nSPS) is 27.8. The van der Waals surface area contributed by atoms with E-state index in [1.165, 1.54) is 23.9 Å². The van der Waals surface area contributed by atoms with Gasteiger partial charge in [0.05, 0.1) is 0 Å². The molecule has 1 N–H and O–H groups in total. The average molecular weight is 246 g/mol. The van der Waals surface area contributed by atoms with E-state index in [0.29, 0.717) is 17.6 Å². The average Bonchev–Trinajstić information content (AvgIpc) is 2.97. The molecule has 0 saturated heterocycles. The van der Waals surface area contributed by atoms with Crippen LogP contribution in [0, 0.1) is 11.8 Å². The molecule has 6 heteroatoms. The molecule has 6 nitrogen and oxygen atoms in total. The van der Waals surface area contributed by atoms with Crippen LogP contribution < -0.4 is 5.32 Å². The molecule has 0 spiro atoms. The summed E-state index contributed by atoms with van der Waals surface area (Å²) >= 11 is 0. The second-order valence-corrected chi connectivity index (χ2v) is 5.10. The Hall–Kier alpha value is -1.72. The lowest BCUT2D eigenvalue weighted by Crippen LogP contribution is -2.25. The van der Waals surface area contributed by atoms with Crippen molar-refractivity contribution in [2.24, 2.45) is 11.8 Å². The van der Waals surface area contributed by atoms with Crippen LogP contribution in [0.15, 0.2) is 12.1 Å². The first kappa shape index (κ1) is 11.4. The number of anilines is 1. The predicted molar refractivity (Wildman–Crippen MR) is 68.2 cm³/mol. The lowest BCUT2D eigenvalue weighted by Gasteiger charge is -2.21. The molecule has 0 bridgehead atoms. The van der Waals surface area contributed by atoms with E-state index < -0.39 is 0 Å². The van der Waals surface area contributed by atoms with Crippen LogP contribution in [-0.4, -0.2) is 31.3 Å². The molecule has 3 rings (SSSR count). The van der Waals surface area contributed by atoms with Crippen molar-refractivity contribution in [2.75, 3.05) is 5.32 Å². The molecule has 1 saturated carbocycles. The fourth-order valence-electron chi connectivity index (χ4n) is 2.94. The molecule has 2 heterocycles. The fraction of sp³-hybridized carbons (Fsp3) is 0.667. The number of aromatic nitrogens is 5. The smallest absolute Gasteiger partial charge is 0.200 e. The van der Waals surface area contributed by atoms with Crippen LogP contribution in [0.25, 0.3) is 5.65 Å². The molecule has 3 unspecified atom stereocenters. The molecule has 96 valence electrons.